The van der Waals surface area contributed by atoms with Gasteiger partial charge in [-0.1, -0.05) is 6.92 Å². The minimum absolute atomic E-state index is 0.335. The van der Waals surface area contributed by atoms with Gasteiger partial charge in [-0.2, -0.15) is 5.10 Å². The minimum Gasteiger partial charge on any atom is -0.311 e. The highest BCUT2D eigenvalue weighted by Crippen LogP contribution is 2.37. The predicted molar refractivity (Wildman–Crippen MR) is 71.7 cm³/mol. The van der Waals surface area contributed by atoms with Crippen molar-refractivity contribution >= 4 is 12.2 Å². The predicted octanol–water partition coefficient (Wildman–Crippen LogP) is 3.09. The van der Waals surface area contributed by atoms with Crippen molar-refractivity contribution in [1.29, 1.82) is 0 Å². The van der Waals surface area contributed by atoms with Gasteiger partial charge < -0.3 is 4.90 Å². The third-order valence-electron chi connectivity index (χ3n) is 4.26. The number of allylic oxidation sites excluding steroid dienone is 3. The lowest BCUT2D eigenvalue weighted by molar-refractivity contribution is -0.115. The van der Waals surface area contributed by atoms with E-state index in [0.29, 0.717) is 6.42 Å². The molecule has 2 amide bonds. The first-order valence-electron chi connectivity index (χ1n) is 7.01. The minimum atomic E-state index is -2.87. The number of nitrogens with zero attached hydrogens (tertiary/aromatic N) is 3. The van der Waals surface area contributed by atoms with E-state index in [0.717, 1.165) is 16.0 Å². The van der Waals surface area contributed by atoms with Crippen LogP contribution in [0, 0.1) is 11.8 Å². The number of rotatable bonds is 1. The van der Waals surface area contributed by atoms with Crippen molar-refractivity contribution in [3.63, 3.8) is 0 Å². The fourth-order valence-corrected chi connectivity index (χ4v) is 3.00. The second-order valence-electron chi connectivity index (χ2n) is 5.89. The molecule has 0 aromatic carbocycles. The summed E-state index contributed by atoms with van der Waals surface area (Å²) < 4.78 is 53.0. The molecule has 3 aliphatic rings. The summed E-state index contributed by atoms with van der Waals surface area (Å²) in [6.45, 7) is 0.296. The van der Waals surface area contributed by atoms with E-state index in [-0.39, 0.29) is 0 Å². The van der Waals surface area contributed by atoms with Crippen LogP contribution in [0.25, 0.3) is 0 Å². The largest absolute Gasteiger partial charge is 0.341 e. The number of hydrogen-bond donors (Lipinski definition) is 0. The zero-order valence-electron chi connectivity index (χ0n) is 11.8. The standard InChI is InChI=1S/C14H15F4N3O/c1-8-10(4-9(15)5-11(8)16)12-2-3-19-21(12)13(22)20-6-14(17,18)7-20/h3-5,8,10,12H,2,6-7H2,1H3/t8?,10?,12-/m0/s1. The van der Waals surface area contributed by atoms with Crippen LogP contribution in [0.3, 0.4) is 0 Å². The maximum atomic E-state index is 13.7. The zero-order valence-corrected chi connectivity index (χ0v) is 11.8. The fourth-order valence-electron chi connectivity index (χ4n) is 3.00. The molecule has 1 fully saturated rings. The number of hydrazone groups is 1. The van der Waals surface area contributed by atoms with Gasteiger partial charge in [-0.25, -0.2) is 27.4 Å². The van der Waals surface area contributed by atoms with Crippen molar-refractivity contribution in [3.05, 3.63) is 23.8 Å². The first-order valence-corrected chi connectivity index (χ1v) is 7.01. The van der Waals surface area contributed by atoms with Crippen molar-refractivity contribution in [2.45, 2.75) is 25.3 Å². The van der Waals surface area contributed by atoms with Crippen LogP contribution >= 0.6 is 0 Å². The van der Waals surface area contributed by atoms with Gasteiger partial charge >= 0.3 is 6.03 Å². The molecule has 22 heavy (non-hydrogen) atoms. The number of halogens is 4. The van der Waals surface area contributed by atoms with E-state index in [1.54, 1.807) is 6.92 Å². The monoisotopic (exact) mass is 317 g/mol. The topological polar surface area (TPSA) is 35.9 Å². The van der Waals surface area contributed by atoms with Gasteiger partial charge in [0.15, 0.2) is 0 Å². The van der Waals surface area contributed by atoms with Crippen LogP contribution in [0.15, 0.2) is 28.9 Å². The molecule has 1 saturated heterocycles. The highest BCUT2D eigenvalue weighted by atomic mass is 19.3. The molecule has 0 radical (unpaired) electrons. The van der Waals surface area contributed by atoms with E-state index in [1.165, 1.54) is 12.3 Å². The lowest BCUT2D eigenvalue weighted by Crippen LogP contribution is -2.62. The molecule has 2 heterocycles. The van der Waals surface area contributed by atoms with Crippen LogP contribution < -0.4 is 0 Å². The lowest BCUT2D eigenvalue weighted by Gasteiger charge is -2.42. The molecule has 120 valence electrons. The third kappa shape index (κ3) is 2.50. The number of likely N-dealkylation sites (tertiary alicyclic amines) is 1. The molecule has 0 bridgehead atoms. The first-order chi connectivity index (χ1) is 10.3. The molecular weight excluding hydrogens is 302 g/mol. The maximum absolute atomic E-state index is 13.7. The van der Waals surface area contributed by atoms with Gasteiger partial charge in [0, 0.05) is 30.5 Å². The van der Waals surface area contributed by atoms with Crippen molar-refractivity contribution in [2.24, 2.45) is 16.9 Å². The van der Waals surface area contributed by atoms with Gasteiger partial charge in [0.1, 0.15) is 11.7 Å². The Balaban J connectivity index is 1.75. The van der Waals surface area contributed by atoms with E-state index in [9.17, 15) is 22.4 Å². The summed E-state index contributed by atoms with van der Waals surface area (Å²) in [5.41, 5.74) is 0. The van der Waals surface area contributed by atoms with E-state index in [4.69, 9.17) is 0 Å². The van der Waals surface area contributed by atoms with Crippen LogP contribution in [0.4, 0.5) is 22.4 Å². The molecule has 0 aromatic heterocycles. The molecule has 0 aromatic rings. The fraction of sp³-hybridized carbons (Fsp3) is 0.571. The van der Waals surface area contributed by atoms with Crippen LogP contribution in [-0.2, 0) is 0 Å². The molecule has 8 heteroatoms. The van der Waals surface area contributed by atoms with E-state index < -0.39 is 54.6 Å². The Labute approximate surface area is 124 Å². The van der Waals surface area contributed by atoms with Gasteiger partial charge in [-0.05, 0) is 6.08 Å². The Hall–Kier alpha value is -1.86. The Kier molecular flexibility index (Phi) is 3.49. The Morgan fingerprint density at radius 1 is 1.36 bits per heavy atom. The van der Waals surface area contributed by atoms with Gasteiger partial charge in [0.25, 0.3) is 5.92 Å². The average Bonchev–Trinajstić information content (AvgIpc) is 2.88. The quantitative estimate of drug-likeness (QED) is 0.685. The normalized spacial score (nSPS) is 33.4. The summed E-state index contributed by atoms with van der Waals surface area (Å²) in [4.78, 5) is 13.2. The van der Waals surface area contributed by atoms with Gasteiger partial charge in [0.05, 0.1) is 19.1 Å². The number of hydrogen-bond acceptors (Lipinski definition) is 2. The summed E-state index contributed by atoms with van der Waals surface area (Å²) in [6.07, 6.45) is 3.88. The number of urea groups is 1. The van der Waals surface area contributed by atoms with Crippen molar-refractivity contribution in [3.8, 4) is 0 Å². The van der Waals surface area contributed by atoms with Gasteiger partial charge in [-0.3, -0.25) is 0 Å². The molecule has 1 aliphatic carbocycles. The molecule has 0 N–H and O–H groups in total. The number of alkyl halides is 2. The van der Waals surface area contributed by atoms with Gasteiger partial charge in [0.2, 0.25) is 0 Å². The molecule has 3 rings (SSSR count). The lowest BCUT2D eigenvalue weighted by atomic mass is 9.82. The van der Waals surface area contributed by atoms with Crippen LogP contribution in [0.5, 0.6) is 0 Å². The van der Waals surface area contributed by atoms with E-state index >= 15 is 0 Å². The molecular formula is C14H15F4N3O. The zero-order chi connectivity index (χ0) is 16.1. The van der Waals surface area contributed by atoms with E-state index in [2.05, 4.69) is 5.10 Å². The molecule has 2 aliphatic heterocycles. The molecule has 3 atom stereocenters. The van der Waals surface area contributed by atoms with Gasteiger partial charge in [-0.15, -0.1) is 0 Å². The Morgan fingerprint density at radius 3 is 2.68 bits per heavy atom. The summed E-state index contributed by atoms with van der Waals surface area (Å²) in [5.74, 6) is -5.35. The SMILES string of the molecule is CC1C(F)=CC(F)=CC1[C@@H]1CC=NN1C(=O)N1CC(F)(F)C1. The van der Waals surface area contributed by atoms with Crippen molar-refractivity contribution < 1.29 is 22.4 Å². The summed E-state index contributed by atoms with van der Waals surface area (Å²) in [5, 5.41) is 4.97. The van der Waals surface area contributed by atoms with Crippen LogP contribution in [0.2, 0.25) is 0 Å². The van der Waals surface area contributed by atoms with Crippen LogP contribution in [-0.4, -0.2) is 47.2 Å². The Bertz CT molecular complexity index is 579. The highest BCUT2D eigenvalue weighted by molar-refractivity contribution is 5.79. The van der Waals surface area contributed by atoms with Crippen LogP contribution in [0.1, 0.15) is 13.3 Å². The first kappa shape index (κ1) is 15.1. The second kappa shape index (κ2) is 5.10. The maximum Gasteiger partial charge on any atom is 0.341 e. The van der Waals surface area contributed by atoms with Crippen molar-refractivity contribution in [2.75, 3.05) is 13.1 Å². The summed E-state index contributed by atoms with van der Waals surface area (Å²) >= 11 is 0. The average molecular weight is 317 g/mol. The third-order valence-corrected chi connectivity index (χ3v) is 4.26. The number of carbonyl (C=O) groups is 1. The molecule has 4 nitrogen and oxygen atoms in total. The smallest absolute Gasteiger partial charge is 0.311 e. The summed E-state index contributed by atoms with van der Waals surface area (Å²) in [6, 6.07) is -1.22. The van der Waals surface area contributed by atoms with E-state index in [1.807, 2.05) is 0 Å². The highest BCUT2D eigenvalue weighted by Gasteiger charge is 2.49. The molecule has 0 spiro atoms. The van der Waals surface area contributed by atoms with Crippen molar-refractivity contribution in [1.82, 2.24) is 9.91 Å². The molecule has 2 unspecified atom stereocenters. The number of carbonyl (C=O) groups excluding carboxylic acids is 1. The second-order valence-corrected chi connectivity index (χ2v) is 5.89. The molecule has 0 saturated carbocycles. The Morgan fingerprint density at radius 2 is 2.05 bits per heavy atom. The summed E-state index contributed by atoms with van der Waals surface area (Å²) in [7, 11) is 0. The number of amides is 2.